The Labute approximate surface area is 133 Å². The van der Waals surface area contributed by atoms with Gasteiger partial charge < -0.3 is 9.80 Å². The number of carbonyl (C=O) groups is 2. The van der Waals surface area contributed by atoms with Crippen LogP contribution in [0.4, 0.5) is 4.39 Å². The van der Waals surface area contributed by atoms with Gasteiger partial charge in [-0.1, -0.05) is 18.5 Å². The van der Waals surface area contributed by atoms with Gasteiger partial charge in [-0.15, -0.1) is 0 Å². The molecule has 0 spiro atoms. The van der Waals surface area contributed by atoms with Crippen molar-refractivity contribution in [1.29, 1.82) is 0 Å². The Morgan fingerprint density at radius 1 is 1.18 bits per heavy atom. The van der Waals surface area contributed by atoms with Crippen LogP contribution in [-0.2, 0) is 4.79 Å². The third-order valence-electron chi connectivity index (χ3n) is 4.47. The number of amides is 2. The molecule has 118 valence electrons. The first-order valence-corrected chi connectivity index (χ1v) is 7.88. The van der Waals surface area contributed by atoms with Gasteiger partial charge in [-0.05, 0) is 30.5 Å². The lowest BCUT2D eigenvalue weighted by atomic mass is 10.1. The maximum atomic E-state index is 13.1. The predicted octanol–water partition coefficient (Wildman–Crippen LogP) is 2.42. The number of benzene rings is 1. The molecule has 1 aromatic carbocycles. The molecule has 1 aliphatic heterocycles. The first-order chi connectivity index (χ1) is 10.5. The number of hydrogen-bond donors (Lipinski definition) is 0. The number of nitrogens with zero attached hydrogens (tertiary/aromatic N) is 2. The second-order valence-corrected chi connectivity index (χ2v) is 6.47. The van der Waals surface area contributed by atoms with Crippen molar-refractivity contribution in [2.45, 2.75) is 13.3 Å². The molecule has 22 heavy (non-hydrogen) atoms. The van der Waals surface area contributed by atoms with Crippen LogP contribution in [-0.4, -0.2) is 47.8 Å². The number of hydrogen-bond acceptors (Lipinski definition) is 2. The Hall–Kier alpha value is -1.62. The van der Waals surface area contributed by atoms with Crippen molar-refractivity contribution in [3.05, 3.63) is 34.6 Å². The highest BCUT2D eigenvalue weighted by molar-refractivity contribution is 6.33. The molecular weight excluding hydrogens is 307 g/mol. The summed E-state index contributed by atoms with van der Waals surface area (Å²) in [5.41, 5.74) is 0.304. The smallest absolute Gasteiger partial charge is 0.255 e. The van der Waals surface area contributed by atoms with Gasteiger partial charge in [0.15, 0.2) is 0 Å². The van der Waals surface area contributed by atoms with Crippen molar-refractivity contribution in [3.8, 4) is 0 Å². The van der Waals surface area contributed by atoms with Crippen LogP contribution >= 0.6 is 11.6 Å². The molecule has 3 rings (SSSR count). The second-order valence-electron chi connectivity index (χ2n) is 6.06. The molecule has 1 saturated heterocycles. The van der Waals surface area contributed by atoms with E-state index in [1.54, 1.807) is 4.90 Å². The maximum Gasteiger partial charge on any atom is 0.255 e. The molecule has 1 saturated carbocycles. The van der Waals surface area contributed by atoms with Gasteiger partial charge in [0.2, 0.25) is 5.91 Å². The largest absolute Gasteiger partial charge is 0.339 e. The molecule has 2 amide bonds. The van der Waals surface area contributed by atoms with E-state index < -0.39 is 5.82 Å². The first kappa shape index (κ1) is 15.3. The second kappa shape index (κ2) is 5.88. The third kappa shape index (κ3) is 2.95. The highest BCUT2D eigenvalue weighted by Crippen LogP contribution is 2.39. The zero-order valence-corrected chi connectivity index (χ0v) is 13.1. The molecule has 2 fully saturated rings. The van der Waals surface area contributed by atoms with E-state index in [1.807, 2.05) is 4.90 Å². The van der Waals surface area contributed by atoms with E-state index in [4.69, 9.17) is 11.6 Å². The van der Waals surface area contributed by atoms with Gasteiger partial charge in [0.25, 0.3) is 5.91 Å². The minimum Gasteiger partial charge on any atom is -0.339 e. The molecule has 2 aliphatic rings. The number of piperazine rings is 1. The Bertz CT molecular complexity index is 614. The fraction of sp³-hybridized carbons (Fsp3) is 0.500. The predicted molar refractivity (Wildman–Crippen MR) is 81.2 cm³/mol. The molecule has 1 aromatic rings. The normalized spacial score (nSPS) is 24.3. The van der Waals surface area contributed by atoms with Crippen molar-refractivity contribution >= 4 is 23.4 Å². The molecule has 1 heterocycles. The van der Waals surface area contributed by atoms with Crippen LogP contribution in [0.5, 0.6) is 0 Å². The molecule has 0 bridgehead atoms. The van der Waals surface area contributed by atoms with Crippen LogP contribution in [0.25, 0.3) is 0 Å². The Balaban J connectivity index is 1.61. The summed E-state index contributed by atoms with van der Waals surface area (Å²) in [5, 5.41) is 0.121. The van der Waals surface area contributed by atoms with Gasteiger partial charge in [0.1, 0.15) is 5.82 Å². The quantitative estimate of drug-likeness (QED) is 0.838. The molecule has 6 heteroatoms. The molecular formula is C16H18ClFN2O2. The van der Waals surface area contributed by atoms with Crippen molar-refractivity contribution in [3.63, 3.8) is 0 Å². The van der Waals surface area contributed by atoms with Gasteiger partial charge in [-0.2, -0.15) is 0 Å². The number of carbonyl (C=O) groups excluding carboxylic acids is 2. The summed E-state index contributed by atoms with van der Waals surface area (Å²) in [6.45, 7) is 4.15. The molecule has 0 unspecified atom stereocenters. The number of halogens is 2. The van der Waals surface area contributed by atoms with Crippen LogP contribution in [0.15, 0.2) is 18.2 Å². The van der Waals surface area contributed by atoms with Gasteiger partial charge in [0.05, 0.1) is 10.6 Å². The Morgan fingerprint density at radius 3 is 2.32 bits per heavy atom. The summed E-state index contributed by atoms with van der Waals surface area (Å²) in [4.78, 5) is 28.1. The molecule has 1 aliphatic carbocycles. The fourth-order valence-corrected chi connectivity index (χ4v) is 3.11. The molecule has 0 aromatic heterocycles. The van der Waals surface area contributed by atoms with Crippen LogP contribution < -0.4 is 0 Å². The number of rotatable bonds is 2. The topological polar surface area (TPSA) is 40.6 Å². The lowest BCUT2D eigenvalue weighted by Gasteiger charge is -2.35. The van der Waals surface area contributed by atoms with Gasteiger partial charge in [-0.3, -0.25) is 9.59 Å². The summed E-state index contributed by atoms with van der Waals surface area (Å²) < 4.78 is 13.1. The summed E-state index contributed by atoms with van der Waals surface area (Å²) in [7, 11) is 0. The van der Waals surface area contributed by atoms with E-state index in [9.17, 15) is 14.0 Å². The standard InChI is InChI=1S/C16H18ClFN2O2/c1-10-8-13(10)16(22)20-6-4-19(5-7-20)15(21)12-3-2-11(18)9-14(12)17/h2-3,9-10,13H,4-8H2,1H3/t10-,13-/m1/s1. The highest BCUT2D eigenvalue weighted by Gasteiger charge is 2.42. The molecule has 2 atom stereocenters. The summed E-state index contributed by atoms with van der Waals surface area (Å²) in [6, 6.07) is 3.78. The summed E-state index contributed by atoms with van der Waals surface area (Å²) >= 11 is 5.94. The van der Waals surface area contributed by atoms with Crippen LogP contribution in [0.3, 0.4) is 0 Å². The maximum absolute atomic E-state index is 13.1. The molecule has 0 radical (unpaired) electrons. The third-order valence-corrected chi connectivity index (χ3v) is 4.78. The minimum atomic E-state index is -0.462. The minimum absolute atomic E-state index is 0.121. The van der Waals surface area contributed by atoms with Gasteiger partial charge in [0, 0.05) is 32.1 Å². The lowest BCUT2D eigenvalue weighted by Crippen LogP contribution is -2.51. The highest BCUT2D eigenvalue weighted by atomic mass is 35.5. The van der Waals surface area contributed by atoms with Crippen LogP contribution in [0.2, 0.25) is 5.02 Å². The lowest BCUT2D eigenvalue weighted by molar-refractivity contribution is -0.134. The van der Waals surface area contributed by atoms with E-state index in [1.165, 1.54) is 12.1 Å². The van der Waals surface area contributed by atoms with Crippen molar-refractivity contribution in [2.75, 3.05) is 26.2 Å². The van der Waals surface area contributed by atoms with Crippen LogP contribution in [0, 0.1) is 17.7 Å². The fourth-order valence-electron chi connectivity index (χ4n) is 2.86. The van der Waals surface area contributed by atoms with Gasteiger partial charge >= 0.3 is 0 Å². The SMILES string of the molecule is C[C@@H]1C[C@H]1C(=O)N1CCN(C(=O)c2ccc(F)cc2Cl)CC1. The average molecular weight is 325 g/mol. The molecule has 4 nitrogen and oxygen atoms in total. The monoisotopic (exact) mass is 324 g/mol. The zero-order chi connectivity index (χ0) is 15.9. The van der Waals surface area contributed by atoms with E-state index >= 15 is 0 Å². The van der Waals surface area contributed by atoms with E-state index in [0.717, 1.165) is 12.5 Å². The zero-order valence-electron chi connectivity index (χ0n) is 12.4. The average Bonchev–Trinajstić information content (AvgIpc) is 3.23. The Morgan fingerprint density at radius 2 is 1.77 bits per heavy atom. The van der Waals surface area contributed by atoms with E-state index in [0.29, 0.717) is 37.7 Å². The first-order valence-electron chi connectivity index (χ1n) is 7.50. The van der Waals surface area contributed by atoms with E-state index in [-0.39, 0.29) is 22.8 Å². The molecule has 0 N–H and O–H groups in total. The van der Waals surface area contributed by atoms with E-state index in [2.05, 4.69) is 6.92 Å². The summed E-state index contributed by atoms with van der Waals surface area (Å²) in [5.74, 6) is 0.200. The van der Waals surface area contributed by atoms with Crippen molar-refractivity contribution < 1.29 is 14.0 Å². The van der Waals surface area contributed by atoms with Crippen molar-refractivity contribution in [1.82, 2.24) is 9.80 Å². The van der Waals surface area contributed by atoms with Gasteiger partial charge in [-0.25, -0.2) is 4.39 Å². The summed E-state index contributed by atoms with van der Waals surface area (Å²) in [6.07, 6.45) is 0.975. The Kier molecular flexibility index (Phi) is 4.08. The van der Waals surface area contributed by atoms with Crippen LogP contribution in [0.1, 0.15) is 23.7 Å². The van der Waals surface area contributed by atoms with Crippen molar-refractivity contribution in [2.24, 2.45) is 11.8 Å².